The maximum Gasteiger partial charge on any atom is 0.414 e. The molecule has 0 aliphatic carbocycles. The van der Waals surface area contributed by atoms with Crippen LogP contribution in [0.3, 0.4) is 0 Å². The number of cyclic esters (lactones) is 2. The molecule has 2 fully saturated rings. The number of aromatic nitrogens is 8. The second-order valence-electron chi connectivity index (χ2n) is 14.9. The molecule has 4 amide bonds. The number of urea groups is 1. The van der Waals surface area contributed by atoms with Gasteiger partial charge in [-0.2, -0.15) is 10.2 Å². The molecule has 4 aliphatic rings. The monoisotopic (exact) mass is 923 g/mol. The Morgan fingerprint density at radius 3 is 1.64 bits per heavy atom. The van der Waals surface area contributed by atoms with Crippen molar-refractivity contribution in [3.8, 4) is 22.3 Å². The van der Waals surface area contributed by atoms with Gasteiger partial charge in [0, 0.05) is 60.1 Å². The first kappa shape index (κ1) is 44.3. The van der Waals surface area contributed by atoms with Crippen LogP contribution in [0.1, 0.15) is 0 Å². The van der Waals surface area contributed by atoms with Crippen molar-refractivity contribution >= 4 is 66.3 Å². The fraction of sp³-hybridized carbons (Fsp3) is 0.244. The first-order chi connectivity index (χ1) is 31.6. The first-order valence-electron chi connectivity index (χ1n) is 20.2. The number of carbonyl (C=O) groups is 3. The normalized spacial score (nSPS) is 17.8. The number of hydrazone groups is 2. The Hall–Kier alpha value is -8.28. The molecule has 8 heterocycles. The fourth-order valence-electron chi connectivity index (χ4n) is 7.34. The third kappa shape index (κ3) is 9.91. The topological polar surface area (TPSA) is 236 Å². The summed E-state index contributed by atoms with van der Waals surface area (Å²) in [5, 5.41) is 24.3. The molecule has 0 bridgehead atoms. The minimum absolute atomic E-state index is 0. The number of anilines is 4. The number of carbonyl (C=O) groups excluding carboxylic acids is 3. The maximum absolute atomic E-state index is 15.0. The van der Waals surface area contributed by atoms with E-state index >= 15 is 0 Å². The highest BCUT2D eigenvalue weighted by Gasteiger charge is 2.34. The van der Waals surface area contributed by atoms with E-state index in [9.17, 15) is 23.2 Å². The van der Waals surface area contributed by atoms with Crippen LogP contribution in [0.4, 0.5) is 46.2 Å². The van der Waals surface area contributed by atoms with E-state index in [2.05, 4.69) is 46.2 Å². The molecular weight excluding hydrogens is 884 g/mol. The number of pyridine rings is 2. The standard InChI is InChI=1S/C21H20FN9O3.C20H19FN8O2.ClH/c22-18-9-15(30-12-16(34-21(30)33)11-29-6-5-25-27-29)2-3-17(18)14-1-4-19(24-10-14)28-7-8-31(20(23)32)26-13-28;21-18-9-15(29-12-16(31-20(29)30)11-28-8-6-24-26-28)2-3-17(18)14-1-4-19(22-10-14)27-7-5-23-25-13-27;/h1-6,9-10,13,16H,7-8,11-12H2,(H2,23,32);1-4,6,8-10,13,16,23H,5,7,11-12H2;1H/t2*16-;/m00./s1. The second-order valence-corrected chi connectivity index (χ2v) is 14.9. The van der Waals surface area contributed by atoms with Gasteiger partial charge in [0.2, 0.25) is 0 Å². The largest absolute Gasteiger partial charge is 0.442 e. The quantitative estimate of drug-likeness (QED) is 0.198. The molecule has 6 aromatic rings. The molecule has 2 aromatic carbocycles. The van der Waals surface area contributed by atoms with Crippen molar-refractivity contribution in [2.24, 2.45) is 15.9 Å². The number of amides is 4. The molecule has 2 saturated heterocycles. The van der Waals surface area contributed by atoms with E-state index in [1.807, 2.05) is 17.0 Å². The van der Waals surface area contributed by atoms with Crippen molar-refractivity contribution in [2.75, 3.05) is 58.9 Å². The van der Waals surface area contributed by atoms with E-state index in [-0.39, 0.29) is 25.1 Å². The molecule has 66 heavy (non-hydrogen) atoms. The van der Waals surface area contributed by atoms with Crippen molar-refractivity contribution in [3.05, 3.63) is 109 Å². The molecule has 0 radical (unpaired) electrons. The Labute approximate surface area is 380 Å². The van der Waals surface area contributed by atoms with Gasteiger partial charge in [-0.25, -0.2) is 47.5 Å². The predicted octanol–water partition coefficient (Wildman–Crippen LogP) is 3.93. The van der Waals surface area contributed by atoms with Gasteiger partial charge in [-0.15, -0.1) is 22.6 Å². The number of benzene rings is 2. The lowest BCUT2D eigenvalue weighted by atomic mass is 10.1. The number of hydrogen-bond donors (Lipinski definition) is 2. The summed E-state index contributed by atoms with van der Waals surface area (Å²) in [6, 6.07) is 15.8. The van der Waals surface area contributed by atoms with Crippen LogP contribution in [0.15, 0.2) is 108 Å². The zero-order valence-corrected chi connectivity index (χ0v) is 35.5. The molecule has 340 valence electrons. The van der Waals surface area contributed by atoms with Crippen LogP contribution in [0.2, 0.25) is 0 Å². The molecule has 0 spiro atoms. The summed E-state index contributed by atoms with van der Waals surface area (Å²) in [6.45, 7) is 3.63. The molecule has 3 N–H and O–H groups in total. The van der Waals surface area contributed by atoms with Crippen LogP contribution in [0.25, 0.3) is 22.3 Å². The number of nitrogens with two attached hydrogens (primary N) is 1. The Kier molecular flexibility index (Phi) is 13.2. The average Bonchev–Trinajstić information content (AvgIpc) is 4.17. The smallest absolute Gasteiger partial charge is 0.414 e. The number of nitrogens with zero attached hydrogens (tertiary/aromatic N) is 15. The van der Waals surface area contributed by atoms with Crippen LogP contribution < -0.4 is 30.8 Å². The lowest BCUT2D eigenvalue weighted by molar-refractivity contribution is 0.128. The SMILES string of the molecule is Cl.NC(=O)N1CCN(c2ccc(-c3ccc(N4C[C@H](Cn5ccnn5)OC4=O)cc3F)cn2)C=N1.O=C1O[C@@H](Cn2ccnn2)CN1c1ccc(-c2ccc(N3C=NNCC3)nc2)c(F)c1. The number of ether oxygens (including phenoxy) is 2. The van der Waals surface area contributed by atoms with E-state index in [1.54, 1.807) is 94.2 Å². The summed E-state index contributed by atoms with van der Waals surface area (Å²) >= 11 is 0. The van der Waals surface area contributed by atoms with Crippen molar-refractivity contribution in [2.45, 2.75) is 25.3 Å². The molecule has 25 heteroatoms. The summed E-state index contributed by atoms with van der Waals surface area (Å²) in [6.07, 6.45) is 10.9. The highest BCUT2D eigenvalue weighted by molar-refractivity contribution is 5.91. The highest BCUT2D eigenvalue weighted by atomic mass is 35.5. The van der Waals surface area contributed by atoms with E-state index in [1.165, 1.54) is 28.3 Å². The molecule has 22 nitrogen and oxygen atoms in total. The Morgan fingerprint density at radius 1 is 0.712 bits per heavy atom. The van der Waals surface area contributed by atoms with Crippen molar-refractivity contribution in [3.63, 3.8) is 0 Å². The molecular formula is C41H40ClF2N17O5. The number of primary amides is 1. The van der Waals surface area contributed by atoms with Crippen molar-refractivity contribution in [1.29, 1.82) is 0 Å². The van der Waals surface area contributed by atoms with E-state index < -0.39 is 36.0 Å². The van der Waals surface area contributed by atoms with E-state index in [0.717, 1.165) is 23.9 Å². The van der Waals surface area contributed by atoms with Crippen LogP contribution in [0, 0.1) is 11.6 Å². The predicted molar refractivity (Wildman–Crippen MR) is 238 cm³/mol. The van der Waals surface area contributed by atoms with Gasteiger partial charge in [0.25, 0.3) is 0 Å². The van der Waals surface area contributed by atoms with Crippen LogP contribution >= 0.6 is 12.4 Å². The average molecular weight is 924 g/mol. The van der Waals surface area contributed by atoms with Gasteiger partial charge < -0.3 is 30.4 Å². The van der Waals surface area contributed by atoms with Crippen molar-refractivity contribution in [1.82, 2.24) is 50.4 Å². The maximum atomic E-state index is 15.0. The Bertz CT molecular complexity index is 2710. The van der Waals surface area contributed by atoms with Crippen LogP contribution in [-0.2, 0) is 22.6 Å². The van der Waals surface area contributed by atoms with E-state index in [0.29, 0.717) is 72.2 Å². The summed E-state index contributed by atoms with van der Waals surface area (Å²) in [4.78, 5) is 51.0. The van der Waals surface area contributed by atoms with Gasteiger partial charge in [0.1, 0.15) is 48.2 Å². The number of rotatable bonds is 10. The lowest BCUT2D eigenvalue weighted by Gasteiger charge is -2.26. The third-order valence-electron chi connectivity index (χ3n) is 10.6. The molecule has 0 saturated carbocycles. The fourth-order valence-corrected chi connectivity index (χ4v) is 7.34. The van der Waals surface area contributed by atoms with Gasteiger partial charge in [-0.3, -0.25) is 9.80 Å². The summed E-state index contributed by atoms with van der Waals surface area (Å²) < 4.78 is 43.8. The van der Waals surface area contributed by atoms with Crippen LogP contribution in [0.5, 0.6) is 0 Å². The summed E-state index contributed by atoms with van der Waals surface area (Å²) in [5.74, 6) is 0.413. The molecule has 4 aromatic heterocycles. The van der Waals surface area contributed by atoms with Gasteiger partial charge in [-0.1, -0.05) is 10.4 Å². The minimum Gasteiger partial charge on any atom is -0.442 e. The molecule has 2 atom stereocenters. The number of hydrogen-bond acceptors (Lipinski definition) is 16. The molecule has 4 aliphatic heterocycles. The molecule has 10 rings (SSSR count). The Balaban J connectivity index is 0.000000177. The van der Waals surface area contributed by atoms with Gasteiger partial charge in [0.05, 0.1) is 63.0 Å². The minimum atomic E-state index is -0.619. The third-order valence-corrected chi connectivity index (χ3v) is 10.6. The second kappa shape index (κ2) is 19.6. The van der Waals surface area contributed by atoms with Crippen molar-refractivity contribution < 1.29 is 32.6 Å². The zero-order valence-electron chi connectivity index (χ0n) is 34.7. The summed E-state index contributed by atoms with van der Waals surface area (Å²) in [5.41, 5.74) is 10.9. The number of halogens is 3. The molecule has 0 unspecified atom stereocenters. The highest BCUT2D eigenvalue weighted by Crippen LogP contribution is 2.32. The first-order valence-corrected chi connectivity index (χ1v) is 20.2. The van der Waals surface area contributed by atoms with Crippen LogP contribution in [-0.4, -0.2) is 127 Å². The van der Waals surface area contributed by atoms with Gasteiger partial charge >= 0.3 is 18.2 Å². The number of nitrogens with one attached hydrogen (secondary N) is 1. The van der Waals surface area contributed by atoms with Gasteiger partial charge in [0.15, 0.2) is 0 Å². The van der Waals surface area contributed by atoms with E-state index in [4.69, 9.17) is 15.2 Å². The summed E-state index contributed by atoms with van der Waals surface area (Å²) in [7, 11) is 0. The lowest BCUT2D eigenvalue weighted by Crippen LogP contribution is -2.43. The Morgan fingerprint density at radius 2 is 1.24 bits per heavy atom. The van der Waals surface area contributed by atoms with Gasteiger partial charge in [-0.05, 0) is 60.7 Å². The zero-order chi connectivity index (χ0) is 44.9.